The van der Waals surface area contributed by atoms with Crippen molar-refractivity contribution in [2.75, 3.05) is 31.1 Å². The van der Waals surface area contributed by atoms with Gasteiger partial charge in [0.1, 0.15) is 0 Å². The van der Waals surface area contributed by atoms with Gasteiger partial charge in [-0.05, 0) is 24.4 Å². The molecule has 1 saturated heterocycles. The van der Waals surface area contributed by atoms with Crippen LogP contribution in [0.4, 0.5) is 9.80 Å². The standard InChI is InChI=1S/C15H21N5OS/c1-12-13(11-17-18(12)2)10-16-15(21)20-7-5-19(6-8-20)14-4-3-9-22-14/h3-4,9,11H,5-8,10H2,1-2H3,(H,16,21). The summed E-state index contributed by atoms with van der Waals surface area (Å²) >= 11 is 1.75. The van der Waals surface area contributed by atoms with Crippen LogP contribution in [0.1, 0.15) is 11.3 Å². The molecule has 3 heterocycles. The van der Waals surface area contributed by atoms with Gasteiger partial charge in [-0.15, -0.1) is 11.3 Å². The van der Waals surface area contributed by atoms with Crippen LogP contribution in [0.2, 0.25) is 0 Å². The molecule has 0 aliphatic carbocycles. The van der Waals surface area contributed by atoms with Crippen molar-refractivity contribution in [2.45, 2.75) is 13.5 Å². The van der Waals surface area contributed by atoms with E-state index < -0.39 is 0 Å². The summed E-state index contributed by atoms with van der Waals surface area (Å²) in [5.74, 6) is 0. The van der Waals surface area contributed by atoms with E-state index in [1.165, 1.54) is 5.00 Å². The van der Waals surface area contributed by atoms with Crippen molar-refractivity contribution in [1.82, 2.24) is 20.0 Å². The van der Waals surface area contributed by atoms with Crippen LogP contribution in [0.3, 0.4) is 0 Å². The van der Waals surface area contributed by atoms with Gasteiger partial charge in [0.25, 0.3) is 0 Å². The van der Waals surface area contributed by atoms with E-state index in [2.05, 4.69) is 32.8 Å². The molecule has 6 nitrogen and oxygen atoms in total. The Kier molecular flexibility index (Phi) is 4.33. The SMILES string of the molecule is Cc1c(CNC(=O)N2CCN(c3cccs3)CC2)cnn1C. The summed E-state index contributed by atoms with van der Waals surface area (Å²) in [5, 5.41) is 10.6. The highest BCUT2D eigenvalue weighted by Crippen LogP contribution is 2.22. The Bertz CT molecular complexity index is 628. The number of amides is 2. The molecule has 7 heteroatoms. The van der Waals surface area contributed by atoms with Crippen molar-refractivity contribution in [2.24, 2.45) is 7.05 Å². The zero-order chi connectivity index (χ0) is 15.5. The maximum atomic E-state index is 12.3. The molecule has 0 aromatic carbocycles. The summed E-state index contributed by atoms with van der Waals surface area (Å²) in [5.41, 5.74) is 2.15. The molecule has 1 aliphatic heterocycles. The maximum Gasteiger partial charge on any atom is 0.317 e. The number of piperazine rings is 1. The summed E-state index contributed by atoms with van der Waals surface area (Å²) in [7, 11) is 1.91. The van der Waals surface area contributed by atoms with Gasteiger partial charge in [0.15, 0.2) is 0 Å². The summed E-state index contributed by atoms with van der Waals surface area (Å²) in [6.07, 6.45) is 1.81. The van der Waals surface area contributed by atoms with E-state index in [-0.39, 0.29) is 6.03 Å². The van der Waals surface area contributed by atoms with Gasteiger partial charge < -0.3 is 15.1 Å². The third kappa shape index (κ3) is 3.09. The van der Waals surface area contributed by atoms with Crippen LogP contribution in [0.15, 0.2) is 23.7 Å². The third-order valence-electron chi connectivity index (χ3n) is 4.15. The monoisotopic (exact) mass is 319 g/mol. The molecular formula is C15H21N5OS. The lowest BCUT2D eigenvalue weighted by molar-refractivity contribution is 0.194. The Morgan fingerprint density at radius 2 is 2.14 bits per heavy atom. The molecule has 2 aromatic heterocycles. The number of aromatic nitrogens is 2. The van der Waals surface area contributed by atoms with Gasteiger partial charge in [0.2, 0.25) is 0 Å². The first-order valence-electron chi connectivity index (χ1n) is 7.44. The summed E-state index contributed by atoms with van der Waals surface area (Å²) < 4.78 is 1.82. The number of nitrogens with one attached hydrogen (secondary N) is 1. The molecular weight excluding hydrogens is 298 g/mol. The maximum absolute atomic E-state index is 12.3. The Hall–Kier alpha value is -2.02. The Balaban J connectivity index is 1.49. The lowest BCUT2D eigenvalue weighted by Crippen LogP contribution is -2.51. The van der Waals surface area contributed by atoms with Gasteiger partial charge in [-0.25, -0.2) is 4.79 Å². The van der Waals surface area contributed by atoms with Gasteiger partial charge >= 0.3 is 6.03 Å². The molecule has 2 amide bonds. The number of hydrogen-bond donors (Lipinski definition) is 1. The predicted octanol–water partition coefficient (Wildman–Crippen LogP) is 1.82. The van der Waals surface area contributed by atoms with Gasteiger partial charge in [0.05, 0.1) is 11.2 Å². The van der Waals surface area contributed by atoms with Crippen molar-refractivity contribution in [3.05, 3.63) is 35.0 Å². The minimum atomic E-state index is 0.00841. The summed E-state index contributed by atoms with van der Waals surface area (Å²) in [4.78, 5) is 16.5. The molecule has 1 N–H and O–H groups in total. The van der Waals surface area contributed by atoms with E-state index in [0.717, 1.165) is 37.4 Å². The number of hydrogen-bond acceptors (Lipinski definition) is 4. The van der Waals surface area contributed by atoms with E-state index in [1.807, 2.05) is 29.7 Å². The number of carbonyl (C=O) groups excluding carboxylic acids is 1. The lowest BCUT2D eigenvalue weighted by Gasteiger charge is -2.35. The quantitative estimate of drug-likeness (QED) is 0.939. The Morgan fingerprint density at radius 3 is 2.73 bits per heavy atom. The van der Waals surface area contributed by atoms with E-state index in [0.29, 0.717) is 6.54 Å². The number of thiophene rings is 1. The highest BCUT2D eigenvalue weighted by atomic mass is 32.1. The topological polar surface area (TPSA) is 53.4 Å². The average molecular weight is 319 g/mol. The van der Waals surface area contributed by atoms with E-state index in [9.17, 15) is 4.79 Å². The zero-order valence-electron chi connectivity index (χ0n) is 13.0. The summed E-state index contributed by atoms with van der Waals surface area (Å²) in [6, 6.07) is 4.20. The largest absolute Gasteiger partial charge is 0.360 e. The number of aryl methyl sites for hydroxylation is 1. The molecule has 0 saturated carbocycles. The molecule has 1 aliphatic rings. The number of carbonyl (C=O) groups is 1. The second kappa shape index (κ2) is 6.39. The first kappa shape index (κ1) is 14.9. The van der Waals surface area contributed by atoms with Crippen molar-refractivity contribution in [3.63, 3.8) is 0 Å². The van der Waals surface area contributed by atoms with Gasteiger partial charge in [0, 0.05) is 51.0 Å². The zero-order valence-corrected chi connectivity index (χ0v) is 13.8. The molecule has 3 rings (SSSR count). The normalized spacial score (nSPS) is 15.2. The first-order valence-corrected chi connectivity index (χ1v) is 8.32. The van der Waals surface area contributed by atoms with Gasteiger partial charge in [-0.3, -0.25) is 4.68 Å². The average Bonchev–Trinajstić information content (AvgIpc) is 3.17. The highest BCUT2D eigenvalue weighted by molar-refractivity contribution is 7.14. The van der Waals surface area contributed by atoms with Crippen molar-refractivity contribution >= 4 is 22.4 Å². The minimum absolute atomic E-state index is 0.00841. The highest BCUT2D eigenvalue weighted by Gasteiger charge is 2.21. The smallest absolute Gasteiger partial charge is 0.317 e. The fourth-order valence-electron chi connectivity index (χ4n) is 2.58. The molecule has 0 spiro atoms. The van der Waals surface area contributed by atoms with E-state index in [4.69, 9.17) is 0 Å². The van der Waals surface area contributed by atoms with Crippen LogP contribution in [-0.4, -0.2) is 46.9 Å². The Morgan fingerprint density at radius 1 is 1.36 bits per heavy atom. The van der Waals surface area contributed by atoms with E-state index in [1.54, 1.807) is 11.3 Å². The summed E-state index contributed by atoms with van der Waals surface area (Å²) in [6.45, 7) is 5.84. The number of urea groups is 1. The van der Waals surface area contributed by atoms with Crippen LogP contribution >= 0.6 is 11.3 Å². The van der Waals surface area contributed by atoms with Crippen molar-refractivity contribution in [1.29, 1.82) is 0 Å². The fraction of sp³-hybridized carbons (Fsp3) is 0.467. The molecule has 0 bridgehead atoms. The van der Waals surface area contributed by atoms with Gasteiger partial charge in [-0.2, -0.15) is 5.10 Å². The van der Waals surface area contributed by atoms with Gasteiger partial charge in [-0.1, -0.05) is 0 Å². The molecule has 2 aromatic rings. The van der Waals surface area contributed by atoms with Crippen LogP contribution in [0, 0.1) is 6.92 Å². The number of nitrogens with zero attached hydrogens (tertiary/aromatic N) is 4. The van der Waals surface area contributed by atoms with E-state index >= 15 is 0 Å². The van der Waals surface area contributed by atoms with Crippen LogP contribution < -0.4 is 10.2 Å². The second-order valence-corrected chi connectivity index (χ2v) is 6.39. The second-order valence-electron chi connectivity index (χ2n) is 5.46. The molecule has 0 atom stereocenters. The molecule has 22 heavy (non-hydrogen) atoms. The van der Waals surface area contributed by atoms with Crippen molar-refractivity contribution in [3.8, 4) is 0 Å². The molecule has 118 valence electrons. The molecule has 1 fully saturated rings. The minimum Gasteiger partial charge on any atom is -0.360 e. The fourth-order valence-corrected chi connectivity index (χ4v) is 3.37. The molecule has 0 radical (unpaired) electrons. The number of rotatable bonds is 3. The first-order chi connectivity index (χ1) is 10.6. The Labute approximate surface area is 134 Å². The van der Waals surface area contributed by atoms with Crippen molar-refractivity contribution < 1.29 is 4.79 Å². The lowest BCUT2D eigenvalue weighted by atomic mass is 10.2. The predicted molar refractivity (Wildman–Crippen MR) is 88.3 cm³/mol. The molecule has 0 unspecified atom stereocenters. The van der Waals surface area contributed by atoms with Crippen LogP contribution in [-0.2, 0) is 13.6 Å². The van der Waals surface area contributed by atoms with Crippen LogP contribution in [0.25, 0.3) is 0 Å². The third-order valence-corrected chi connectivity index (χ3v) is 5.08. The van der Waals surface area contributed by atoms with Crippen LogP contribution in [0.5, 0.6) is 0 Å². The number of anilines is 1.